The van der Waals surface area contributed by atoms with E-state index in [1.54, 1.807) is 42.5 Å². The van der Waals surface area contributed by atoms with Gasteiger partial charge in [-0.25, -0.2) is 4.79 Å². The lowest BCUT2D eigenvalue weighted by molar-refractivity contribution is -0.394. The lowest BCUT2D eigenvalue weighted by atomic mass is 10.1. The van der Waals surface area contributed by atoms with E-state index in [1.807, 2.05) is 13.0 Å². The summed E-state index contributed by atoms with van der Waals surface area (Å²) in [5.74, 6) is -0.0133. The predicted octanol–water partition coefficient (Wildman–Crippen LogP) is 5.21. The van der Waals surface area contributed by atoms with Gasteiger partial charge in [0.05, 0.1) is 34.1 Å². The highest BCUT2D eigenvalue weighted by molar-refractivity contribution is 5.91. The average molecular weight is 434 g/mol. The fourth-order valence-electron chi connectivity index (χ4n) is 2.93. The number of rotatable bonds is 7. The van der Waals surface area contributed by atoms with Crippen LogP contribution in [0.2, 0.25) is 0 Å². The molecule has 0 aliphatic rings. The molecule has 0 bridgehead atoms. The number of methoxy groups -OCH3 is 1. The number of non-ortho nitro benzene ring substituents is 1. The van der Waals surface area contributed by atoms with Crippen molar-refractivity contribution in [1.29, 1.82) is 0 Å². The number of esters is 1. The molecule has 0 amide bonds. The van der Waals surface area contributed by atoms with Gasteiger partial charge in [-0.15, -0.1) is 0 Å². The Morgan fingerprint density at radius 3 is 2.34 bits per heavy atom. The first kappa shape index (κ1) is 22.2. The van der Waals surface area contributed by atoms with Crippen LogP contribution in [-0.2, 0) is 0 Å². The first-order valence-corrected chi connectivity index (χ1v) is 9.36. The summed E-state index contributed by atoms with van der Waals surface area (Å²) in [5.41, 5.74) is 1.40. The first-order chi connectivity index (χ1) is 15.3. The molecule has 3 aromatic rings. The maximum atomic E-state index is 12.4. The zero-order valence-corrected chi connectivity index (χ0v) is 17.2. The van der Waals surface area contributed by atoms with Crippen molar-refractivity contribution < 1.29 is 24.1 Å². The van der Waals surface area contributed by atoms with Gasteiger partial charge in [0.25, 0.3) is 11.4 Å². The molecule has 0 N–H and O–H groups in total. The van der Waals surface area contributed by atoms with Gasteiger partial charge in [-0.05, 0) is 48.9 Å². The standard InChI is InChI=1S/C23H18N2O7/c1-15-4-3-5-18(12-15)23(26)32-21-11-7-16(13-22(21)31-2)6-8-17-9-10-19(24(27)28)14-20(17)25(29)30/h3-14H,1-2H3. The van der Waals surface area contributed by atoms with Crippen LogP contribution in [0.25, 0.3) is 12.2 Å². The number of aryl methyl sites for hydroxylation is 1. The van der Waals surface area contributed by atoms with Gasteiger partial charge >= 0.3 is 5.97 Å². The second kappa shape index (κ2) is 9.52. The Labute approximate surface area is 182 Å². The second-order valence-corrected chi connectivity index (χ2v) is 6.76. The summed E-state index contributed by atoms with van der Waals surface area (Å²) < 4.78 is 10.7. The van der Waals surface area contributed by atoms with Crippen molar-refractivity contribution in [2.24, 2.45) is 0 Å². The minimum Gasteiger partial charge on any atom is -0.493 e. The molecular formula is C23H18N2O7. The summed E-state index contributed by atoms with van der Waals surface area (Å²) in [6, 6.07) is 15.2. The number of nitrogens with zero attached hydrogens (tertiary/aromatic N) is 2. The molecule has 0 radical (unpaired) electrons. The van der Waals surface area contributed by atoms with Gasteiger partial charge in [-0.3, -0.25) is 20.2 Å². The van der Waals surface area contributed by atoms with E-state index in [0.717, 1.165) is 11.6 Å². The predicted molar refractivity (Wildman–Crippen MR) is 118 cm³/mol. The van der Waals surface area contributed by atoms with Crippen molar-refractivity contribution in [2.75, 3.05) is 7.11 Å². The molecule has 0 fully saturated rings. The minimum atomic E-state index is -0.692. The van der Waals surface area contributed by atoms with Crippen LogP contribution in [0.4, 0.5) is 11.4 Å². The fraction of sp³-hybridized carbons (Fsp3) is 0.0870. The largest absolute Gasteiger partial charge is 0.493 e. The highest BCUT2D eigenvalue weighted by Crippen LogP contribution is 2.31. The van der Waals surface area contributed by atoms with E-state index < -0.39 is 15.8 Å². The SMILES string of the molecule is COc1cc(C=Cc2ccc([N+](=O)[O-])cc2[N+](=O)[O-])ccc1OC(=O)c1cccc(C)c1. The van der Waals surface area contributed by atoms with E-state index in [4.69, 9.17) is 9.47 Å². The smallest absolute Gasteiger partial charge is 0.343 e. The third kappa shape index (κ3) is 5.14. The highest BCUT2D eigenvalue weighted by atomic mass is 16.6. The van der Waals surface area contributed by atoms with Crippen molar-refractivity contribution in [3.05, 3.63) is 103 Å². The molecule has 3 aromatic carbocycles. The Morgan fingerprint density at radius 1 is 0.906 bits per heavy atom. The summed E-state index contributed by atoms with van der Waals surface area (Å²) in [6.07, 6.45) is 3.05. The van der Waals surface area contributed by atoms with Gasteiger partial charge in [0.1, 0.15) is 0 Å². The number of carbonyl (C=O) groups is 1. The fourth-order valence-corrected chi connectivity index (χ4v) is 2.93. The van der Waals surface area contributed by atoms with Crippen LogP contribution in [0, 0.1) is 27.2 Å². The van der Waals surface area contributed by atoms with Crippen LogP contribution < -0.4 is 9.47 Å². The number of nitro groups is 2. The van der Waals surface area contributed by atoms with Crippen LogP contribution >= 0.6 is 0 Å². The van der Waals surface area contributed by atoms with E-state index in [2.05, 4.69) is 0 Å². The first-order valence-electron chi connectivity index (χ1n) is 9.36. The number of carbonyl (C=O) groups excluding carboxylic acids is 1. The van der Waals surface area contributed by atoms with Crippen LogP contribution in [0.3, 0.4) is 0 Å². The second-order valence-electron chi connectivity index (χ2n) is 6.76. The van der Waals surface area contributed by atoms with Gasteiger partial charge in [0.15, 0.2) is 11.5 Å². The van der Waals surface area contributed by atoms with E-state index in [0.29, 0.717) is 16.9 Å². The van der Waals surface area contributed by atoms with E-state index >= 15 is 0 Å². The molecule has 0 aliphatic carbocycles. The molecule has 0 spiro atoms. The van der Waals surface area contributed by atoms with E-state index in [-0.39, 0.29) is 22.7 Å². The normalized spacial score (nSPS) is 10.7. The Morgan fingerprint density at radius 2 is 1.69 bits per heavy atom. The topological polar surface area (TPSA) is 122 Å². The number of hydrogen-bond acceptors (Lipinski definition) is 7. The monoisotopic (exact) mass is 434 g/mol. The maximum absolute atomic E-state index is 12.4. The third-order valence-electron chi connectivity index (χ3n) is 4.52. The van der Waals surface area contributed by atoms with Crippen molar-refractivity contribution in [3.63, 3.8) is 0 Å². The van der Waals surface area contributed by atoms with Gasteiger partial charge < -0.3 is 9.47 Å². The third-order valence-corrected chi connectivity index (χ3v) is 4.52. The van der Waals surface area contributed by atoms with Crippen molar-refractivity contribution >= 4 is 29.5 Å². The molecule has 0 atom stereocenters. The maximum Gasteiger partial charge on any atom is 0.343 e. The molecule has 0 aromatic heterocycles. The van der Waals surface area contributed by atoms with Crippen molar-refractivity contribution in [2.45, 2.75) is 6.92 Å². The molecule has 3 rings (SSSR count). The average Bonchev–Trinajstić information content (AvgIpc) is 2.78. The number of hydrogen-bond donors (Lipinski definition) is 0. The molecule has 9 nitrogen and oxygen atoms in total. The molecule has 0 aliphatic heterocycles. The van der Waals surface area contributed by atoms with Gasteiger partial charge in [0.2, 0.25) is 0 Å². The molecule has 0 saturated carbocycles. The molecule has 162 valence electrons. The number of benzene rings is 3. The Kier molecular flexibility index (Phi) is 6.59. The molecule has 0 saturated heterocycles. The molecule has 0 heterocycles. The van der Waals surface area contributed by atoms with Crippen LogP contribution in [0.15, 0.2) is 60.7 Å². The van der Waals surface area contributed by atoms with E-state index in [1.165, 1.54) is 25.3 Å². The molecule has 32 heavy (non-hydrogen) atoms. The minimum absolute atomic E-state index is 0.203. The summed E-state index contributed by atoms with van der Waals surface area (Å²) in [7, 11) is 1.42. The molecule has 9 heteroatoms. The molecule has 0 unspecified atom stereocenters. The van der Waals surface area contributed by atoms with Crippen LogP contribution in [-0.4, -0.2) is 22.9 Å². The van der Waals surface area contributed by atoms with Gasteiger partial charge in [-0.1, -0.05) is 29.8 Å². The lowest BCUT2D eigenvalue weighted by Gasteiger charge is -2.10. The quantitative estimate of drug-likeness (QED) is 0.164. The zero-order valence-electron chi connectivity index (χ0n) is 17.2. The van der Waals surface area contributed by atoms with Gasteiger partial charge in [-0.2, -0.15) is 0 Å². The number of nitro benzene ring substituents is 2. The Bertz CT molecular complexity index is 1230. The summed E-state index contributed by atoms with van der Waals surface area (Å²) in [4.78, 5) is 33.2. The van der Waals surface area contributed by atoms with Crippen molar-refractivity contribution in [3.8, 4) is 11.5 Å². The van der Waals surface area contributed by atoms with Gasteiger partial charge in [0, 0.05) is 6.07 Å². The molecular weight excluding hydrogens is 416 g/mol. The Balaban J connectivity index is 1.85. The zero-order chi connectivity index (χ0) is 23.3. The number of ether oxygens (including phenoxy) is 2. The summed E-state index contributed by atoms with van der Waals surface area (Å²) >= 11 is 0. The highest BCUT2D eigenvalue weighted by Gasteiger charge is 2.18. The van der Waals surface area contributed by atoms with E-state index in [9.17, 15) is 25.0 Å². The lowest BCUT2D eigenvalue weighted by Crippen LogP contribution is -2.09. The Hall–Kier alpha value is -4.53. The van der Waals surface area contributed by atoms with Crippen molar-refractivity contribution in [1.82, 2.24) is 0 Å². The summed E-state index contributed by atoms with van der Waals surface area (Å²) in [6.45, 7) is 1.87. The van der Waals surface area contributed by atoms with Crippen LogP contribution in [0.5, 0.6) is 11.5 Å². The summed E-state index contributed by atoms with van der Waals surface area (Å²) in [5, 5.41) is 22.1. The van der Waals surface area contributed by atoms with Crippen LogP contribution in [0.1, 0.15) is 27.0 Å².